The second kappa shape index (κ2) is 5.75. The number of aromatic nitrogens is 1. The molecule has 1 heterocycles. The Bertz CT molecular complexity index is 575. The predicted molar refractivity (Wildman–Crippen MR) is 65.8 cm³/mol. The van der Waals surface area contributed by atoms with Crippen molar-refractivity contribution >= 4 is 0 Å². The number of nitrogens with zero attached hydrogens (tertiary/aromatic N) is 1. The van der Waals surface area contributed by atoms with Gasteiger partial charge in [0.25, 0.3) is 0 Å². The molecular weight excluding hydrogens is 252 g/mol. The molecule has 0 spiro atoms. The Kier molecular flexibility index (Phi) is 4.06. The zero-order chi connectivity index (χ0) is 13.8. The number of pyridine rings is 1. The number of ether oxygens (including phenoxy) is 1. The molecule has 0 radical (unpaired) electrons. The molecule has 2 rings (SSSR count). The van der Waals surface area contributed by atoms with Gasteiger partial charge >= 0.3 is 0 Å². The molecule has 1 unspecified atom stereocenters. The lowest BCUT2D eigenvalue weighted by molar-refractivity contribution is 0.176. The lowest BCUT2D eigenvalue weighted by atomic mass is 10.0. The molecule has 0 aliphatic carbocycles. The maximum Gasteiger partial charge on any atom is 0.168 e. The van der Waals surface area contributed by atoms with Gasteiger partial charge in [-0.05, 0) is 17.7 Å². The van der Waals surface area contributed by atoms with Crippen LogP contribution in [-0.4, -0.2) is 17.2 Å². The molecule has 0 saturated heterocycles. The van der Waals surface area contributed by atoms with Gasteiger partial charge < -0.3 is 9.84 Å². The van der Waals surface area contributed by atoms with Crippen molar-refractivity contribution in [2.24, 2.45) is 0 Å². The van der Waals surface area contributed by atoms with Crippen molar-refractivity contribution in [3.63, 3.8) is 0 Å². The first-order valence-electron chi connectivity index (χ1n) is 5.71. The van der Waals surface area contributed by atoms with Crippen molar-refractivity contribution in [3.05, 3.63) is 59.4 Å². The first-order valence-corrected chi connectivity index (χ1v) is 5.71. The zero-order valence-corrected chi connectivity index (χ0v) is 10.3. The Balaban J connectivity index is 2.21. The highest BCUT2D eigenvalue weighted by molar-refractivity contribution is 5.32. The van der Waals surface area contributed by atoms with E-state index in [0.29, 0.717) is 11.1 Å². The van der Waals surface area contributed by atoms with Gasteiger partial charge in [-0.25, -0.2) is 8.78 Å². The number of methoxy groups -OCH3 is 1. The summed E-state index contributed by atoms with van der Waals surface area (Å²) in [7, 11) is 1.37. The number of rotatable bonds is 4. The molecule has 2 aromatic rings. The average Bonchev–Trinajstić information content (AvgIpc) is 2.41. The summed E-state index contributed by atoms with van der Waals surface area (Å²) in [6, 6.07) is 5.85. The highest BCUT2D eigenvalue weighted by atomic mass is 19.1. The third-order valence-corrected chi connectivity index (χ3v) is 2.79. The first kappa shape index (κ1) is 13.4. The molecule has 3 nitrogen and oxygen atoms in total. The molecule has 0 saturated carbocycles. The molecule has 1 aromatic heterocycles. The van der Waals surface area contributed by atoms with Crippen LogP contribution in [0.1, 0.15) is 17.2 Å². The molecule has 0 bridgehead atoms. The molecule has 5 heteroatoms. The normalized spacial score (nSPS) is 12.2. The molecule has 1 N–H and O–H groups in total. The van der Waals surface area contributed by atoms with Gasteiger partial charge in [0.1, 0.15) is 5.82 Å². The molecule has 1 atom stereocenters. The fraction of sp³-hybridized carbons (Fsp3) is 0.214. The summed E-state index contributed by atoms with van der Waals surface area (Å²) < 4.78 is 31.8. The Morgan fingerprint density at radius 3 is 2.79 bits per heavy atom. The number of benzene rings is 1. The van der Waals surface area contributed by atoms with Crippen molar-refractivity contribution < 1.29 is 18.6 Å². The standard InChI is InChI=1S/C14H13F2NO2/c1-19-13-4-2-3-9(14(13)16)6-12(18)10-5-11(15)8-17-7-10/h2-5,7-8,12,18H,6H2,1H3. The van der Waals surface area contributed by atoms with Crippen molar-refractivity contribution in [1.29, 1.82) is 0 Å². The van der Waals surface area contributed by atoms with Crippen LogP contribution in [-0.2, 0) is 6.42 Å². The van der Waals surface area contributed by atoms with E-state index < -0.39 is 17.7 Å². The molecule has 100 valence electrons. The van der Waals surface area contributed by atoms with Crippen molar-refractivity contribution in [2.75, 3.05) is 7.11 Å². The van der Waals surface area contributed by atoms with Crippen LogP contribution >= 0.6 is 0 Å². The van der Waals surface area contributed by atoms with E-state index in [-0.39, 0.29) is 12.2 Å². The largest absolute Gasteiger partial charge is 0.494 e. The van der Waals surface area contributed by atoms with Crippen LogP contribution in [0.2, 0.25) is 0 Å². The Hall–Kier alpha value is -2.01. The van der Waals surface area contributed by atoms with Gasteiger partial charge in [-0.3, -0.25) is 4.98 Å². The minimum Gasteiger partial charge on any atom is -0.494 e. The summed E-state index contributed by atoms with van der Waals surface area (Å²) in [6.45, 7) is 0. The summed E-state index contributed by atoms with van der Waals surface area (Å²) in [5.74, 6) is -0.946. The predicted octanol–water partition coefficient (Wildman–Crippen LogP) is 2.64. The van der Waals surface area contributed by atoms with E-state index >= 15 is 0 Å². The van der Waals surface area contributed by atoms with Gasteiger partial charge in [0.05, 0.1) is 19.4 Å². The van der Waals surface area contributed by atoms with Crippen LogP contribution in [0.25, 0.3) is 0 Å². The highest BCUT2D eigenvalue weighted by Gasteiger charge is 2.15. The second-order valence-electron chi connectivity index (χ2n) is 4.09. The molecule has 19 heavy (non-hydrogen) atoms. The van der Waals surface area contributed by atoms with E-state index in [2.05, 4.69) is 4.98 Å². The van der Waals surface area contributed by atoms with Gasteiger partial charge in [0.15, 0.2) is 11.6 Å². The quantitative estimate of drug-likeness (QED) is 0.924. The monoisotopic (exact) mass is 265 g/mol. The van der Waals surface area contributed by atoms with Crippen molar-refractivity contribution in [3.8, 4) is 5.75 Å². The van der Waals surface area contributed by atoms with E-state index in [1.807, 2.05) is 0 Å². The van der Waals surface area contributed by atoms with Crippen LogP contribution in [0.5, 0.6) is 5.75 Å². The lowest BCUT2D eigenvalue weighted by Crippen LogP contribution is -2.05. The topological polar surface area (TPSA) is 42.4 Å². The highest BCUT2D eigenvalue weighted by Crippen LogP contribution is 2.25. The van der Waals surface area contributed by atoms with Crippen LogP contribution in [0.3, 0.4) is 0 Å². The van der Waals surface area contributed by atoms with Crippen LogP contribution in [0.15, 0.2) is 36.7 Å². The smallest absolute Gasteiger partial charge is 0.168 e. The zero-order valence-electron chi connectivity index (χ0n) is 10.3. The molecule has 0 aliphatic heterocycles. The van der Waals surface area contributed by atoms with Gasteiger partial charge in [-0.2, -0.15) is 0 Å². The fourth-order valence-corrected chi connectivity index (χ4v) is 1.81. The van der Waals surface area contributed by atoms with Crippen LogP contribution in [0.4, 0.5) is 8.78 Å². The minimum atomic E-state index is -1.02. The third kappa shape index (κ3) is 3.06. The van der Waals surface area contributed by atoms with Gasteiger partial charge in [0.2, 0.25) is 0 Å². The summed E-state index contributed by atoms with van der Waals surface area (Å²) in [6.07, 6.45) is 1.40. The SMILES string of the molecule is COc1cccc(CC(O)c2cncc(F)c2)c1F. The van der Waals surface area contributed by atoms with E-state index in [9.17, 15) is 13.9 Å². The maximum atomic E-state index is 13.9. The minimum absolute atomic E-state index is 0.0220. The molecule has 0 aliphatic rings. The number of hydrogen-bond acceptors (Lipinski definition) is 3. The van der Waals surface area contributed by atoms with Gasteiger partial charge in [-0.15, -0.1) is 0 Å². The molecule has 0 amide bonds. The fourth-order valence-electron chi connectivity index (χ4n) is 1.81. The number of aliphatic hydroxyl groups is 1. The van der Waals surface area contributed by atoms with Crippen molar-refractivity contribution in [2.45, 2.75) is 12.5 Å². The van der Waals surface area contributed by atoms with Crippen LogP contribution < -0.4 is 4.74 Å². The molecule has 1 aromatic carbocycles. The third-order valence-electron chi connectivity index (χ3n) is 2.79. The lowest BCUT2D eigenvalue weighted by Gasteiger charge is -2.12. The number of aliphatic hydroxyl groups excluding tert-OH is 1. The van der Waals surface area contributed by atoms with Crippen LogP contribution in [0, 0.1) is 11.6 Å². The summed E-state index contributed by atoms with van der Waals surface area (Å²) in [5.41, 5.74) is 0.610. The van der Waals surface area contributed by atoms with E-state index in [0.717, 1.165) is 6.20 Å². The van der Waals surface area contributed by atoms with Gasteiger partial charge in [-0.1, -0.05) is 12.1 Å². The number of hydrogen-bond donors (Lipinski definition) is 1. The van der Waals surface area contributed by atoms with E-state index in [1.165, 1.54) is 25.4 Å². The Morgan fingerprint density at radius 2 is 2.11 bits per heavy atom. The summed E-state index contributed by atoms with van der Waals surface area (Å²) >= 11 is 0. The van der Waals surface area contributed by atoms with E-state index in [4.69, 9.17) is 4.74 Å². The Morgan fingerprint density at radius 1 is 1.32 bits per heavy atom. The number of halogens is 2. The maximum absolute atomic E-state index is 13.9. The first-order chi connectivity index (χ1) is 9.11. The molecule has 0 fully saturated rings. The van der Waals surface area contributed by atoms with Gasteiger partial charge in [0, 0.05) is 18.2 Å². The summed E-state index contributed by atoms with van der Waals surface area (Å²) in [4.78, 5) is 3.65. The average molecular weight is 265 g/mol. The summed E-state index contributed by atoms with van der Waals surface area (Å²) in [5, 5.41) is 9.97. The molecular formula is C14H13F2NO2. The Labute approximate surface area is 109 Å². The van der Waals surface area contributed by atoms with Crippen molar-refractivity contribution in [1.82, 2.24) is 4.98 Å². The second-order valence-corrected chi connectivity index (χ2v) is 4.09. The van der Waals surface area contributed by atoms with E-state index in [1.54, 1.807) is 12.1 Å².